The lowest BCUT2D eigenvalue weighted by molar-refractivity contribution is -0.121. The number of rotatable bonds is 7. The summed E-state index contributed by atoms with van der Waals surface area (Å²) in [6.45, 7) is 3.20. The molecule has 1 saturated carbocycles. The molecule has 2 N–H and O–H groups in total. The molecule has 2 heterocycles. The van der Waals surface area contributed by atoms with Crippen LogP contribution in [0.1, 0.15) is 56.6 Å². The minimum Gasteiger partial charge on any atom is -0.354 e. The highest BCUT2D eigenvalue weighted by Gasteiger charge is 2.18. The lowest BCUT2D eigenvalue weighted by Crippen LogP contribution is -2.30. The molecular weight excluding hydrogens is 356 g/mol. The Hall–Kier alpha value is -0.720. The van der Waals surface area contributed by atoms with Gasteiger partial charge < -0.3 is 10.6 Å². The van der Waals surface area contributed by atoms with Gasteiger partial charge in [-0.3, -0.25) is 9.48 Å². The first-order valence-corrected chi connectivity index (χ1v) is 10.5. The lowest BCUT2D eigenvalue weighted by Gasteiger charge is -2.21. The molecule has 7 heteroatoms. The van der Waals surface area contributed by atoms with Crippen LogP contribution in [-0.4, -0.2) is 46.3 Å². The summed E-state index contributed by atoms with van der Waals surface area (Å²) < 4.78 is 1.77. The third-order valence-corrected chi connectivity index (χ3v) is 6.39. The molecule has 1 aromatic heterocycles. The number of halogens is 1. The number of hydrogen-bond donors (Lipinski definition) is 2. The monoisotopic (exact) mass is 386 g/mol. The summed E-state index contributed by atoms with van der Waals surface area (Å²) in [4.78, 5) is 12.1. The van der Waals surface area contributed by atoms with E-state index < -0.39 is 0 Å². The van der Waals surface area contributed by atoms with Gasteiger partial charge in [0.15, 0.2) is 0 Å². The first kappa shape index (κ1) is 20.6. The van der Waals surface area contributed by atoms with E-state index in [0.717, 1.165) is 36.3 Å². The SMILES string of the molecule is Cl.O=C(Cn1ccc(C2CCCNC2)n1)NCCSC1CCCCC1. The Kier molecular flexibility index (Phi) is 9.13. The van der Waals surface area contributed by atoms with Gasteiger partial charge in [-0.15, -0.1) is 12.4 Å². The van der Waals surface area contributed by atoms with Gasteiger partial charge >= 0.3 is 0 Å². The van der Waals surface area contributed by atoms with E-state index in [2.05, 4.69) is 21.8 Å². The average molecular weight is 387 g/mol. The van der Waals surface area contributed by atoms with Crippen LogP contribution in [0, 0.1) is 0 Å². The molecule has 2 aliphatic rings. The quantitative estimate of drug-likeness (QED) is 0.707. The molecule has 25 heavy (non-hydrogen) atoms. The number of thioether (sulfide) groups is 1. The van der Waals surface area contributed by atoms with Gasteiger partial charge in [-0.25, -0.2) is 0 Å². The summed E-state index contributed by atoms with van der Waals surface area (Å²) in [5.41, 5.74) is 1.11. The number of hydrogen-bond acceptors (Lipinski definition) is 4. The molecule has 1 aliphatic heterocycles. The Balaban J connectivity index is 0.00000225. The molecule has 0 bridgehead atoms. The summed E-state index contributed by atoms with van der Waals surface area (Å²) in [6, 6.07) is 2.06. The van der Waals surface area contributed by atoms with Crippen molar-refractivity contribution < 1.29 is 4.79 Å². The lowest BCUT2D eigenvalue weighted by atomic mass is 9.97. The highest BCUT2D eigenvalue weighted by atomic mass is 35.5. The first-order valence-electron chi connectivity index (χ1n) is 9.43. The van der Waals surface area contributed by atoms with Crippen LogP contribution in [-0.2, 0) is 11.3 Å². The van der Waals surface area contributed by atoms with Gasteiger partial charge in [0.2, 0.25) is 5.91 Å². The van der Waals surface area contributed by atoms with E-state index in [1.807, 2.05) is 18.0 Å². The summed E-state index contributed by atoms with van der Waals surface area (Å²) in [5, 5.41) is 11.8. The summed E-state index contributed by atoms with van der Waals surface area (Å²) >= 11 is 2.02. The molecule has 1 amide bonds. The number of piperidine rings is 1. The molecule has 3 rings (SSSR count). The second-order valence-electron chi connectivity index (χ2n) is 6.96. The molecule has 1 aromatic rings. The molecule has 1 aliphatic carbocycles. The second kappa shape index (κ2) is 11.1. The van der Waals surface area contributed by atoms with Gasteiger partial charge in [-0.2, -0.15) is 16.9 Å². The number of carbonyl (C=O) groups excluding carboxylic acids is 1. The second-order valence-corrected chi connectivity index (χ2v) is 8.37. The predicted octanol–water partition coefficient (Wildman–Crippen LogP) is 2.95. The van der Waals surface area contributed by atoms with E-state index in [9.17, 15) is 4.79 Å². The normalized spacial score (nSPS) is 21.5. The van der Waals surface area contributed by atoms with Crippen LogP contribution in [0.25, 0.3) is 0 Å². The Morgan fingerprint density at radius 1 is 1.28 bits per heavy atom. The van der Waals surface area contributed by atoms with Crippen LogP contribution in [0.4, 0.5) is 0 Å². The van der Waals surface area contributed by atoms with Crippen LogP contribution in [0.3, 0.4) is 0 Å². The van der Waals surface area contributed by atoms with E-state index in [0.29, 0.717) is 12.5 Å². The van der Waals surface area contributed by atoms with Crippen LogP contribution < -0.4 is 10.6 Å². The smallest absolute Gasteiger partial charge is 0.241 e. The van der Waals surface area contributed by atoms with E-state index in [1.165, 1.54) is 44.9 Å². The zero-order valence-corrected chi connectivity index (χ0v) is 16.5. The van der Waals surface area contributed by atoms with Crippen LogP contribution in [0.2, 0.25) is 0 Å². The topological polar surface area (TPSA) is 59.0 Å². The molecule has 0 aromatic carbocycles. The molecule has 1 saturated heterocycles. The maximum Gasteiger partial charge on any atom is 0.241 e. The van der Waals surface area contributed by atoms with Crippen molar-refractivity contribution in [2.75, 3.05) is 25.4 Å². The van der Waals surface area contributed by atoms with Crippen molar-refractivity contribution in [1.29, 1.82) is 0 Å². The Morgan fingerprint density at radius 3 is 2.88 bits per heavy atom. The van der Waals surface area contributed by atoms with Crippen molar-refractivity contribution in [2.24, 2.45) is 0 Å². The average Bonchev–Trinajstić information content (AvgIpc) is 3.09. The van der Waals surface area contributed by atoms with Gasteiger partial charge in [-0.05, 0) is 38.3 Å². The highest BCUT2D eigenvalue weighted by Crippen LogP contribution is 2.27. The van der Waals surface area contributed by atoms with Gasteiger partial charge in [-0.1, -0.05) is 19.3 Å². The third kappa shape index (κ3) is 6.83. The molecule has 1 atom stereocenters. The molecule has 142 valence electrons. The Morgan fingerprint density at radius 2 is 2.12 bits per heavy atom. The molecule has 5 nitrogen and oxygen atoms in total. The van der Waals surface area contributed by atoms with Gasteiger partial charge in [0.1, 0.15) is 6.54 Å². The molecule has 0 radical (unpaired) electrons. The zero-order chi connectivity index (χ0) is 16.6. The van der Waals surface area contributed by atoms with Crippen LogP contribution in [0.5, 0.6) is 0 Å². The maximum atomic E-state index is 12.1. The number of nitrogens with one attached hydrogen (secondary N) is 2. The number of amides is 1. The number of carbonyl (C=O) groups is 1. The Labute approximate surface area is 161 Å². The van der Waals surface area contributed by atoms with E-state index in [4.69, 9.17) is 0 Å². The predicted molar refractivity (Wildman–Crippen MR) is 107 cm³/mol. The van der Waals surface area contributed by atoms with Crippen LogP contribution >= 0.6 is 24.2 Å². The van der Waals surface area contributed by atoms with Crippen molar-refractivity contribution in [2.45, 2.75) is 62.7 Å². The molecule has 1 unspecified atom stereocenters. The summed E-state index contributed by atoms with van der Waals surface area (Å²) in [7, 11) is 0. The van der Waals surface area contributed by atoms with E-state index in [1.54, 1.807) is 4.68 Å². The fourth-order valence-corrected chi connectivity index (χ4v) is 4.86. The van der Waals surface area contributed by atoms with Gasteiger partial charge in [0, 0.05) is 36.2 Å². The standard InChI is InChI=1S/C18H30N4OS.ClH/c23-18(20-10-12-24-16-6-2-1-3-7-16)14-22-11-8-17(21-22)15-5-4-9-19-13-15;/h8,11,15-16,19H,1-7,9-10,12-14H2,(H,20,23);1H. The molecule has 0 spiro atoms. The minimum absolute atomic E-state index is 0. The zero-order valence-electron chi connectivity index (χ0n) is 14.9. The summed E-state index contributed by atoms with van der Waals surface area (Å²) in [5.74, 6) is 1.58. The molecular formula is C18H31ClN4OS. The maximum absolute atomic E-state index is 12.1. The highest BCUT2D eigenvalue weighted by molar-refractivity contribution is 7.99. The van der Waals surface area contributed by atoms with Crippen molar-refractivity contribution in [3.8, 4) is 0 Å². The van der Waals surface area contributed by atoms with Crippen molar-refractivity contribution in [3.63, 3.8) is 0 Å². The van der Waals surface area contributed by atoms with Crippen molar-refractivity contribution in [1.82, 2.24) is 20.4 Å². The van der Waals surface area contributed by atoms with Crippen molar-refractivity contribution >= 4 is 30.1 Å². The third-order valence-electron chi connectivity index (χ3n) is 5.01. The van der Waals surface area contributed by atoms with Gasteiger partial charge in [0.05, 0.1) is 5.69 Å². The fourth-order valence-electron chi connectivity index (χ4n) is 3.64. The molecule has 2 fully saturated rings. The largest absolute Gasteiger partial charge is 0.354 e. The van der Waals surface area contributed by atoms with Gasteiger partial charge in [0.25, 0.3) is 0 Å². The fraction of sp³-hybridized carbons (Fsp3) is 0.778. The number of aromatic nitrogens is 2. The first-order chi connectivity index (χ1) is 11.8. The number of nitrogens with zero attached hydrogens (tertiary/aromatic N) is 2. The van der Waals surface area contributed by atoms with E-state index in [-0.39, 0.29) is 18.3 Å². The van der Waals surface area contributed by atoms with E-state index >= 15 is 0 Å². The van der Waals surface area contributed by atoms with Crippen LogP contribution in [0.15, 0.2) is 12.3 Å². The summed E-state index contributed by atoms with van der Waals surface area (Å²) in [6.07, 6.45) is 11.2. The minimum atomic E-state index is 0. The van der Waals surface area contributed by atoms with Crippen molar-refractivity contribution in [3.05, 3.63) is 18.0 Å². The Bertz CT molecular complexity index is 513.